The van der Waals surface area contributed by atoms with Crippen molar-refractivity contribution in [1.29, 1.82) is 0 Å². The fraction of sp³-hybridized carbons (Fsp3) is 0.533. The molecule has 0 bridgehead atoms. The number of carbonyl (C=O) groups is 1. The van der Waals surface area contributed by atoms with Crippen molar-refractivity contribution in [2.24, 2.45) is 0 Å². The first kappa shape index (κ1) is 15.1. The van der Waals surface area contributed by atoms with Crippen molar-refractivity contribution < 1.29 is 9.53 Å². The Labute approximate surface area is 114 Å². The van der Waals surface area contributed by atoms with Crippen molar-refractivity contribution in [2.75, 3.05) is 18.1 Å². The molecule has 1 rings (SSSR count). The number of rotatable bonds is 7. The lowest BCUT2D eigenvalue weighted by Crippen LogP contribution is -2.09. The Balaban J connectivity index is 3.02. The smallest absolute Gasteiger partial charge is 0.176 e. The molecule has 1 aromatic carbocycles. The Morgan fingerprint density at radius 3 is 2.61 bits per heavy atom. The highest BCUT2D eigenvalue weighted by atomic mass is 32.2. The maximum Gasteiger partial charge on any atom is 0.176 e. The van der Waals surface area contributed by atoms with E-state index in [0.717, 1.165) is 34.6 Å². The number of thioether (sulfide) groups is 1. The Morgan fingerprint density at radius 1 is 1.28 bits per heavy atom. The average Bonchev–Trinajstić information content (AvgIpc) is 2.34. The number of Topliss-reactive ketones (excluding diaryl/α,β-unsaturated/α-hetero) is 1. The standard InChI is InChI=1S/C15H22O2S/c1-5-7-17-15-12(4)8-11(3)9-13(15)14(16)10-18-6-2/h8-9H,5-7,10H2,1-4H3. The van der Waals surface area contributed by atoms with E-state index in [1.807, 2.05) is 19.9 Å². The van der Waals surface area contributed by atoms with Crippen LogP contribution < -0.4 is 4.74 Å². The number of hydrogen-bond donors (Lipinski definition) is 0. The summed E-state index contributed by atoms with van der Waals surface area (Å²) in [6.45, 7) is 8.80. The van der Waals surface area contributed by atoms with Crippen molar-refractivity contribution in [1.82, 2.24) is 0 Å². The highest BCUT2D eigenvalue weighted by molar-refractivity contribution is 7.99. The minimum Gasteiger partial charge on any atom is -0.493 e. The summed E-state index contributed by atoms with van der Waals surface area (Å²) in [6, 6.07) is 4.01. The molecule has 0 aliphatic heterocycles. The van der Waals surface area contributed by atoms with Crippen LogP contribution in [0.2, 0.25) is 0 Å². The molecule has 0 aliphatic carbocycles. The summed E-state index contributed by atoms with van der Waals surface area (Å²) in [5.74, 6) is 2.42. The monoisotopic (exact) mass is 266 g/mol. The Kier molecular flexibility index (Phi) is 6.27. The zero-order chi connectivity index (χ0) is 13.5. The molecule has 0 atom stereocenters. The SMILES string of the molecule is CCCOc1c(C)cc(C)cc1C(=O)CSCC. The van der Waals surface area contributed by atoms with Crippen LogP contribution in [0.4, 0.5) is 0 Å². The van der Waals surface area contributed by atoms with Gasteiger partial charge in [0.2, 0.25) is 0 Å². The third-order valence-electron chi connectivity index (χ3n) is 2.61. The van der Waals surface area contributed by atoms with E-state index in [4.69, 9.17) is 4.74 Å². The van der Waals surface area contributed by atoms with E-state index >= 15 is 0 Å². The van der Waals surface area contributed by atoms with Crippen LogP contribution in [-0.2, 0) is 0 Å². The normalized spacial score (nSPS) is 10.4. The second-order valence-corrected chi connectivity index (χ2v) is 5.64. The van der Waals surface area contributed by atoms with Crippen LogP contribution in [0.25, 0.3) is 0 Å². The second-order valence-electron chi connectivity index (χ2n) is 4.37. The summed E-state index contributed by atoms with van der Waals surface area (Å²) in [7, 11) is 0. The second kappa shape index (κ2) is 7.47. The molecule has 3 heteroatoms. The van der Waals surface area contributed by atoms with Crippen molar-refractivity contribution >= 4 is 17.5 Å². The summed E-state index contributed by atoms with van der Waals surface area (Å²) < 4.78 is 5.74. The van der Waals surface area contributed by atoms with E-state index in [1.54, 1.807) is 11.8 Å². The van der Waals surface area contributed by atoms with Crippen LogP contribution >= 0.6 is 11.8 Å². The molecule has 0 N–H and O–H groups in total. The van der Waals surface area contributed by atoms with E-state index in [9.17, 15) is 4.79 Å². The van der Waals surface area contributed by atoms with Crippen molar-refractivity contribution in [2.45, 2.75) is 34.1 Å². The average molecular weight is 266 g/mol. The van der Waals surface area contributed by atoms with Gasteiger partial charge in [-0.05, 0) is 43.2 Å². The van der Waals surface area contributed by atoms with Crippen molar-refractivity contribution in [3.8, 4) is 5.75 Å². The molecule has 0 radical (unpaired) electrons. The molecule has 100 valence electrons. The molecule has 0 aliphatic rings. The molecule has 0 saturated carbocycles. The number of hydrogen-bond acceptors (Lipinski definition) is 3. The van der Waals surface area contributed by atoms with Crippen LogP contribution in [0.5, 0.6) is 5.75 Å². The number of carbonyl (C=O) groups excluding carboxylic acids is 1. The van der Waals surface area contributed by atoms with E-state index in [2.05, 4.69) is 19.9 Å². The minimum atomic E-state index is 0.166. The molecule has 0 heterocycles. The molecule has 2 nitrogen and oxygen atoms in total. The molecular formula is C15H22O2S. The fourth-order valence-electron chi connectivity index (χ4n) is 1.83. The molecule has 0 spiro atoms. The lowest BCUT2D eigenvalue weighted by atomic mass is 10.0. The molecule has 0 saturated heterocycles. The quantitative estimate of drug-likeness (QED) is 0.697. The van der Waals surface area contributed by atoms with Gasteiger partial charge in [0, 0.05) is 0 Å². The summed E-state index contributed by atoms with van der Waals surface area (Å²) in [6.07, 6.45) is 0.949. The largest absolute Gasteiger partial charge is 0.493 e. The van der Waals surface area contributed by atoms with Gasteiger partial charge in [0.25, 0.3) is 0 Å². The van der Waals surface area contributed by atoms with Crippen LogP contribution in [0, 0.1) is 13.8 Å². The van der Waals surface area contributed by atoms with Crippen molar-refractivity contribution in [3.63, 3.8) is 0 Å². The highest BCUT2D eigenvalue weighted by Gasteiger charge is 2.15. The molecule has 0 unspecified atom stereocenters. The van der Waals surface area contributed by atoms with Gasteiger partial charge in [0.15, 0.2) is 5.78 Å². The summed E-state index contributed by atoms with van der Waals surface area (Å²) in [4.78, 5) is 12.2. The number of ether oxygens (including phenoxy) is 1. The van der Waals surface area contributed by atoms with Crippen LogP contribution in [0.15, 0.2) is 12.1 Å². The first-order chi connectivity index (χ1) is 8.60. The zero-order valence-corrected chi connectivity index (χ0v) is 12.5. The predicted octanol–water partition coefficient (Wildman–Crippen LogP) is 4.03. The zero-order valence-electron chi connectivity index (χ0n) is 11.7. The van der Waals surface area contributed by atoms with Gasteiger partial charge in [-0.1, -0.05) is 19.9 Å². The first-order valence-corrected chi connectivity index (χ1v) is 7.60. The van der Waals surface area contributed by atoms with Gasteiger partial charge >= 0.3 is 0 Å². The maximum atomic E-state index is 12.2. The molecule has 0 fully saturated rings. The number of ketones is 1. The molecule has 0 amide bonds. The van der Waals surface area contributed by atoms with Crippen LogP contribution in [0.3, 0.4) is 0 Å². The van der Waals surface area contributed by atoms with Gasteiger partial charge in [-0.3, -0.25) is 4.79 Å². The third-order valence-corrected chi connectivity index (χ3v) is 3.48. The minimum absolute atomic E-state index is 0.166. The predicted molar refractivity (Wildman–Crippen MR) is 79.0 cm³/mol. The van der Waals surface area contributed by atoms with E-state index < -0.39 is 0 Å². The van der Waals surface area contributed by atoms with E-state index in [0.29, 0.717) is 12.4 Å². The third kappa shape index (κ3) is 4.05. The Hall–Kier alpha value is -0.960. The van der Waals surface area contributed by atoms with E-state index in [-0.39, 0.29) is 5.78 Å². The van der Waals surface area contributed by atoms with E-state index in [1.165, 1.54) is 0 Å². The Bertz CT molecular complexity index is 413. The van der Waals surface area contributed by atoms with Crippen LogP contribution in [-0.4, -0.2) is 23.9 Å². The van der Waals surface area contributed by atoms with Gasteiger partial charge in [0.05, 0.1) is 17.9 Å². The van der Waals surface area contributed by atoms with Crippen LogP contribution in [0.1, 0.15) is 41.8 Å². The lowest BCUT2D eigenvalue weighted by molar-refractivity contribution is 0.101. The maximum absolute atomic E-state index is 12.2. The highest BCUT2D eigenvalue weighted by Crippen LogP contribution is 2.27. The molecule has 1 aromatic rings. The fourth-order valence-corrected chi connectivity index (χ4v) is 2.37. The molecular weight excluding hydrogens is 244 g/mol. The van der Waals surface area contributed by atoms with Gasteiger partial charge < -0.3 is 4.74 Å². The number of benzene rings is 1. The molecule has 18 heavy (non-hydrogen) atoms. The summed E-state index contributed by atoms with van der Waals surface area (Å²) in [5, 5.41) is 0. The van der Waals surface area contributed by atoms with Gasteiger partial charge in [-0.25, -0.2) is 0 Å². The van der Waals surface area contributed by atoms with Gasteiger partial charge in [-0.15, -0.1) is 0 Å². The lowest BCUT2D eigenvalue weighted by Gasteiger charge is -2.14. The van der Waals surface area contributed by atoms with Gasteiger partial charge in [0.1, 0.15) is 5.75 Å². The Morgan fingerprint density at radius 2 is 2.00 bits per heavy atom. The molecule has 0 aromatic heterocycles. The summed E-state index contributed by atoms with van der Waals surface area (Å²) in [5.41, 5.74) is 2.90. The van der Waals surface area contributed by atoms with Gasteiger partial charge in [-0.2, -0.15) is 11.8 Å². The first-order valence-electron chi connectivity index (χ1n) is 6.45. The number of aryl methyl sites for hydroxylation is 2. The van der Waals surface area contributed by atoms with Crippen molar-refractivity contribution in [3.05, 3.63) is 28.8 Å². The topological polar surface area (TPSA) is 26.3 Å². The summed E-state index contributed by atoms with van der Waals surface area (Å²) >= 11 is 1.65.